The van der Waals surface area contributed by atoms with Crippen LogP contribution in [0.4, 0.5) is 0 Å². The highest BCUT2D eigenvalue weighted by molar-refractivity contribution is 5.04. The van der Waals surface area contributed by atoms with Crippen molar-refractivity contribution < 1.29 is 5.11 Å². The van der Waals surface area contributed by atoms with Gasteiger partial charge in [0.05, 0.1) is 11.8 Å². The Hall–Kier alpha value is -0.830. The van der Waals surface area contributed by atoms with E-state index in [4.69, 9.17) is 0 Å². The van der Waals surface area contributed by atoms with Crippen molar-refractivity contribution in [3.05, 3.63) is 18.0 Å². The second-order valence-corrected chi connectivity index (χ2v) is 4.47. The van der Waals surface area contributed by atoms with Crippen LogP contribution in [0, 0.1) is 5.92 Å². The highest BCUT2D eigenvalue weighted by Crippen LogP contribution is 2.32. The quantitative estimate of drug-likeness (QED) is 0.825. The molecule has 84 valence electrons. The molecule has 0 radical (unpaired) electrons. The van der Waals surface area contributed by atoms with Crippen LogP contribution in [0.2, 0.25) is 0 Å². The molecule has 2 rings (SSSR count). The van der Waals surface area contributed by atoms with Crippen LogP contribution in [-0.2, 0) is 6.54 Å². The first-order valence-electron chi connectivity index (χ1n) is 6.01. The number of hydrogen-bond acceptors (Lipinski definition) is 2. The third-order valence-corrected chi connectivity index (χ3v) is 3.42. The molecule has 0 bridgehead atoms. The van der Waals surface area contributed by atoms with Gasteiger partial charge < -0.3 is 5.11 Å². The lowest BCUT2D eigenvalue weighted by molar-refractivity contribution is 0.135. The van der Waals surface area contributed by atoms with Gasteiger partial charge in [-0.15, -0.1) is 0 Å². The number of nitrogens with zero attached hydrogens (tertiary/aromatic N) is 2. The number of aromatic nitrogens is 2. The summed E-state index contributed by atoms with van der Waals surface area (Å²) in [5, 5.41) is 14.3. The summed E-state index contributed by atoms with van der Waals surface area (Å²) < 4.78 is 1.89. The minimum atomic E-state index is -0.324. The van der Waals surface area contributed by atoms with E-state index in [-0.39, 0.29) is 6.10 Å². The van der Waals surface area contributed by atoms with Crippen molar-refractivity contribution in [2.45, 2.75) is 51.7 Å². The minimum absolute atomic E-state index is 0.324. The highest BCUT2D eigenvalue weighted by atomic mass is 16.3. The van der Waals surface area contributed by atoms with Gasteiger partial charge in [-0.2, -0.15) is 5.10 Å². The first-order chi connectivity index (χ1) is 7.31. The molecule has 1 heterocycles. The molecule has 0 saturated heterocycles. The number of rotatable bonds is 4. The molecule has 1 aliphatic carbocycles. The highest BCUT2D eigenvalue weighted by Gasteiger charge is 2.21. The van der Waals surface area contributed by atoms with Crippen molar-refractivity contribution in [2.75, 3.05) is 0 Å². The minimum Gasteiger partial charge on any atom is -0.387 e. The average molecular weight is 208 g/mol. The molecule has 15 heavy (non-hydrogen) atoms. The molecule has 1 aromatic rings. The Morgan fingerprint density at radius 1 is 1.53 bits per heavy atom. The summed E-state index contributed by atoms with van der Waals surface area (Å²) in [6.45, 7) is 2.89. The molecule has 1 saturated carbocycles. The maximum atomic E-state index is 10.1. The van der Waals surface area contributed by atoms with Crippen LogP contribution in [0.5, 0.6) is 0 Å². The zero-order valence-corrected chi connectivity index (χ0v) is 9.39. The molecule has 1 fully saturated rings. The van der Waals surface area contributed by atoms with Crippen molar-refractivity contribution in [2.24, 2.45) is 5.92 Å². The third-order valence-electron chi connectivity index (χ3n) is 3.42. The first-order valence-corrected chi connectivity index (χ1v) is 6.01. The number of aryl methyl sites for hydroxylation is 1. The first kappa shape index (κ1) is 10.7. The molecule has 1 aliphatic rings. The third kappa shape index (κ3) is 2.40. The lowest BCUT2D eigenvalue weighted by Gasteiger charge is -2.16. The maximum Gasteiger partial charge on any atom is 0.0959 e. The molecule has 1 N–H and O–H groups in total. The summed E-state index contributed by atoms with van der Waals surface area (Å²) in [6.07, 6.45) is 7.61. The Morgan fingerprint density at radius 2 is 2.27 bits per heavy atom. The van der Waals surface area contributed by atoms with E-state index >= 15 is 0 Å². The zero-order chi connectivity index (χ0) is 10.7. The number of aliphatic hydroxyl groups is 1. The molecule has 3 heteroatoms. The monoisotopic (exact) mass is 208 g/mol. The van der Waals surface area contributed by atoms with Crippen molar-refractivity contribution in [3.8, 4) is 0 Å². The zero-order valence-electron chi connectivity index (χ0n) is 9.39. The molecule has 0 aromatic carbocycles. The fourth-order valence-electron chi connectivity index (χ4n) is 2.57. The summed E-state index contributed by atoms with van der Waals surface area (Å²) in [5.41, 5.74) is 0.976. The largest absolute Gasteiger partial charge is 0.387 e. The predicted molar refractivity (Wildman–Crippen MR) is 59.4 cm³/mol. The summed E-state index contributed by atoms with van der Waals surface area (Å²) in [7, 11) is 0. The van der Waals surface area contributed by atoms with Gasteiger partial charge >= 0.3 is 0 Å². The van der Waals surface area contributed by atoms with Crippen LogP contribution in [0.3, 0.4) is 0 Å². The predicted octanol–water partition coefficient (Wildman–Crippen LogP) is 2.52. The van der Waals surface area contributed by atoms with Crippen molar-refractivity contribution in [1.29, 1.82) is 0 Å². The van der Waals surface area contributed by atoms with Crippen LogP contribution in [0.15, 0.2) is 12.3 Å². The van der Waals surface area contributed by atoms with E-state index in [1.54, 1.807) is 6.20 Å². The number of hydrogen-bond donors (Lipinski definition) is 1. The van der Waals surface area contributed by atoms with Crippen molar-refractivity contribution in [3.63, 3.8) is 0 Å². The van der Waals surface area contributed by atoms with Gasteiger partial charge in [-0.1, -0.05) is 25.7 Å². The molecule has 3 nitrogen and oxygen atoms in total. The smallest absolute Gasteiger partial charge is 0.0959 e. The molecular formula is C12H20N2O. The van der Waals surface area contributed by atoms with Crippen molar-refractivity contribution >= 4 is 0 Å². The molecule has 0 aliphatic heterocycles. The van der Waals surface area contributed by atoms with Crippen LogP contribution < -0.4 is 0 Å². The lowest BCUT2D eigenvalue weighted by atomic mass is 9.98. The second kappa shape index (κ2) is 4.79. The molecule has 0 spiro atoms. The van der Waals surface area contributed by atoms with Gasteiger partial charge in [0, 0.05) is 12.7 Å². The normalized spacial score (nSPS) is 19.6. The molecule has 1 atom stereocenters. The summed E-state index contributed by atoms with van der Waals surface area (Å²) in [4.78, 5) is 0. The summed E-state index contributed by atoms with van der Waals surface area (Å²) in [6, 6.07) is 1.93. The Morgan fingerprint density at radius 3 is 2.93 bits per heavy atom. The Balaban J connectivity index is 1.97. The van der Waals surface area contributed by atoms with Gasteiger partial charge in [0.25, 0.3) is 0 Å². The van der Waals surface area contributed by atoms with Crippen LogP contribution >= 0.6 is 0 Å². The molecule has 1 unspecified atom stereocenters. The standard InChI is InChI=1S/C12H20N2O/c1-2-14-11(7-8-13-14)12(15)9-10-5-3-4-6-10/h7-8,10,12,15H,2-6,9H2,1H3. The van der Waals surface area contributed by atoms with Gasteiger partial charge in [-0.3, -0.25) is 4.68 Å². The number of aliphatic hydroxyl groups excluding tert-OH is 1. The van der Waals surface area contributed by atoms with Gasteiger partial charge in [0.15, 0.2) is 0 Å². The Labute approximate surface area is 91.1 Å². The second-order valence-electron chi connectivity index (χ2n) is 4.47. The van der Waals surface area contributed by atoms with Gasteiger partial charge in [0.1, 0.15) is 0 Å². The van der Waals surface area contributed by atoms with Crippen molar-refractivity contribution in [1.82, 2.24) is 9.78 Å². The van der Waals surface area contributed by atoms with E-state index in [9.17, 15) is 5.11 Å². The fourth-order valence-corrected chi connectivity index (χ4v) is 2.57. The van der Waals surface area contributed by atoms with E-state index in [2.05, 4.69) is 12.0 Å². The maximum absolute atomic E-state index is 10.1. The van der Waals surface area contributed by atoms with Gasteiger partial charge in [-0.25, -0.2) is 0 Å². The lowest BCUT2D eigenvalue weighted by Crippen LogP contribution is -2.10. The Kier molecular flexibility index (Phi) is 3.41. The van der Waals surface area contributed by atoms with Crippen LogP contribution in [-0.4, -0.2) is 14.9 Å². The summed E-state index contributed by atoms with van der Waals surface area (Å²) >= 11 is 0. The van der Waals surface area contributed by atoms with Gasteiger partial charge in [0.2, 0.25) is 0 Å². The summed E-state index contributed by atoms with van der Waals surface area (Å²) in [5.74, 6) is 0.722. The van der Waals surface area contributed by atoms with Crippen LogP contribution in [0.1, 0.15) is 50.8 Å². The fraction of sp³-hybridized carbons (Fsp3) is 0.750. The molecule has 1 aromatic heterocycles. The van der Waals surface area contributed by atoms with Gasteiger partial charge in [-0.05, 0) is 25.3 Å². The van der Waals surface area contributed by atoms with E-state index in [1.807, 2.05) is 10.7 Å². The van der Waals surface area contributed by atoms with E-state index < -0.39 is 0 Å². The van der Waals surface area contributed by atoms with E-state index in [1.165, 1.54) is 25.7 Å². The molecule has 0 amide bonds. The molecular weight excluding hydrogens is 188 g/mol. The van der Waals surface area contributed by atoms with Crippen LogP contribution in [0.25, 0.3) is 0 Å². The SMILES string of the molecule is CCn1nccc1C(O)CC1CCCC1. The van der Waals surface area contributed by atoms with E-state index in [0.29, 0.717) is 0 Å². The average Bonchev–Trinajstić information content (AvgIpc) is 2.86. The topological polar surface area (TPSA) is 38.0 Å². The van der Waals surface area contributed by atoms with E-state index in [0.717, 1.165) is 24.6 Å². The Bertz CT molecular complexity index is 302.